The molecular weight excluding hydrogens is 162 g/mol. The summed E-state index contributed by atoms with van der Waals surface area (Å²) in [6.45, 7) is 2.17. The fraction of sp³-hybridized carbons (Fsp3) is 0.364. The number of carbonyl (C=O) groups is 1. The first-order chi connectivity index (χ1) is 6.27. The predicted molar refractivity (Wildman–Crippen MR) is 56.1 cm³/mol. The van der Waals surface area contributed by atoms with Crippen LogP contribution in [0.4, 0.5) is 0 Å². The molecule has 0 atom stereocenters. The SMILES string of the molecule is CCCCC=CC=CC=CC(N)=O. The molecule has 2 heteroatoms. The highest BCUT2D eigenvalue weighted by atomic mass is 16.1. The molecule has 0 rings (SSSR count). The lowest BCUT2D eigenvalue weighted by Crippen LogP contribution is -2.04. The van der Waals surface area contributed by atoms with Crippen LogP contribution < -0.4 is 5.73 Å². The third-order valence-electron chi connectivity index (χ3n) is 1.45. The Morgan fingerprint density at radius 2 is 1.92 bits per heavy atom. The molecule has 0 unspecified atom stereocenters. The summed E-state index contributed by atoms with van der Waals surface area (Å²) in [6, 6.07) is 0. The minimum Gasteiger partial charge on any atom is -0.366 e. The van der Waals surface area contributed by atoms with E-state index in [2.05, 4.69) is 13.0 Å². The lowest BCUT2D eigenvalue weighted by molar-refractivity contribution is -0.113. The molecule has 0 aromatic rings. The molecule has 2 N–H and O–H groups in total. The first-order valence-electron chi connectivity index (χ1n) is 4.56. The number of nitrogens with two attached hydrogens (primary N) is 1. The van der Waals surface area contributed by atoms with Gasteiger partial charge in [0, 0.05) is 6.08 Å². The summed E-state index contributed by atoms with van der Waals surface area (Å²) < 4.78 is 0. The molecular formula is C11H17NO. The summed E-state index contributed by atoms with van der Waals surface area (Å²) in [5.41, 5.74) is 4.90. The number of carbonyl (C=O) groups excluding carboxylic acids is 1. The maximum absolute atomic E-state index is 10.3. The van der Waals surface area contributed by atoms with Crippen molar-refractivity contribution < 1.29 is 4.79 Å². The van der Waals surface area contributed by atoms with E-state index in [0.717, 1.165) is 6.42 Å². The Balaban J connectivity index is 3.51. The van der Waals surface area contributed by atoms with Crippen LogP contribution in [-0.2, 0) is 4.79 Å². The van der Waals surface area contributed by atoms with Crippen molar-refractivity contribution in [3.63, 3.8) is 0 Å². The van der Waals surface area contributed by atoms with Gasteiger partial charge in [0.1, 0.15) is 0 Å². The molecule has 0 fully saturated rings. The molecule has 72 valence electrons. The van der Waals surface area contributed by atoms with Gasteiger partial charge < -0.3 is 5.73 Å². The third kappa shape index (κ3) is 10.7. The second-order valence-corrected chi connectivity index (χ2v) is 2.72. The van der Waals surface area contributed by atoms with Gasteiger partial charge in [0.15, 0.2) is 0 Å². The summed E-state index contributed by atoms with van der Waals surface area (Å²) in [5.74, 6) is -0.417. The van der Waals surface area contributed by atoms with Crippen LogP contribution in [0.25, 0.3) is 0 Å². The van der Waals surface area contributed by atoms with E-state index in [0.29, 0.717) is 0 Å². The van der Waals surface area contributed by atoms with Crippen LogP contribution in [-0.4, -0.2) is 5.91 Å². The van der Waals surface area contributed by atoms with Gasteiger partial charge in [0.25, 0.3) is 0 Å². The molecule has 0 bridgehead atoms. The molecule has 13 heavy (non-hydrogen) atoms. The van der Waals surface area contributed by atoms with E-state index in [4.69, 9.17) is 5.73 Å². The predicted octanol–water partition coefficient (Wildman–Crippen LogP) is 2.33. The topological polar surface area (TPSA) is 43.1 Å². The molecule has 0 aliphatic rings. The number of unbranched alkanes of at least 4 members (excludes halogenated alkanes) is 2. The zero-order chi connectivity index (χ0) is 9.94. The zero-order valence-electron chi connectivity index (χ0n) is 8.07. The van der Waals surface area contributed by atoms with Crippen LogP contribution in [0.3, 0.4) is 0 Å². The molecule has 0 aromatic heterocycles. The Hall–Kier alpha value is -1.31. The van der Waals surface area contributed by atoms with Gasteiger partial charge >= 0.3 is 0 Å². The van der Waals surface area contributed by atoms with Crippen molar-refractivity contribution in [2.75, 3.05) is 0 Å². The van der Waals surface area contributed by atoms with Crippen LogP contribution in [0.15, 0.2) is 36.5 Å². The molecule has 0 saturated carbocycles. The Morgan fingerprint density at radius 1 is 1.23 bits per heavy atom. The normalized spacial score (nSPS) is 12.1. The first-order valence-corrected chi connectivity index (χ1v) is 4.56. The standard InChI is InChI=1S/C11H17NO/c1-2-3-4-5-6-7-8-9-10-11(12)13/h5-10H,2-4H2,1H3,(H2,12,13). The van der Waals surface area contributed by atoms with Crippen LogP contribution in [0.2, 0.25) is 0 Å². The highest BCUT2D eigenvalue weighted by Gasteiger charge is 1.77. The highest BCUT2D eigenvalue weighted by Crippen LogP contribution is 1.94. The van der Waals surface area contributed by atoms with Gasteiger partial charge in [-0.25, -0.2) is 0 Å². The van der Waals surface area contributed by atoms with E-state index in [1.165, 1.54) is 18.9 Å². The number of amides is 1. The van der Waals surface area contributed by atoms with Crippen molar-refractivity contribution in [3.05, 3.63) is 36.5 Å². The van der Waals surface area contributed by atoms with Crippen LogP contribution >= 0.6 is 0 Å². The van der Waals surface area contributed by atoms with Crippen molar-refractivity contribution in [2.45, 2.75) is 26.2 Å². The summed E-state index contributed by atoms with van der Waals surface area (Å²) in [4.78, 5) is 10.3. The maximum atomic E-state index is 10.3. The van der Waals surface area contributed by atoms with Crippen molar-refractivity contribution in [1.82, 2.24) is 0 Å². The number of hydrogen-bond donors (Lipinski definition) is 1. The highest BCUT2D eigenvalue weighted by molar-refractivity contribution is 5.85. The fourth-order valence-corrected chi connectivity index (χ4v) is 0.775. The number of hydrogen-bond acceptors (Lipinski definition) is 1. The van der Waals surface area contributed by atoms with E-state index in [1.807, 2.05) is 12.2 Å². The summed E-state index contributed by atoms with van der Waals surface area (Å²) in [5, 5.41) is 0. The Morgan fingerprint density at radius 3 is 2.54 bits per heavy atom. The fourth-order valence-electron chi connectivity index (χ4n) is 0.775. The molecule has 0 spiro atoms. The average molecular weight is 179 g/mol. The minimum absolute atomic E-state index is 0.417. The zero-order valence-corrected chi connectivity index (χ0v) is 8.07. The van der Waals surface area contributed by atoms with Crippen molar-refractivity contribution in [1.29, 1.82) is 0 Å². The molecule has 0 aliphatic heterocycles. The quantitative estimate of drug-likeness (QED) is 0.379. The summed E-state index contributed by atoms with van der Waals surface area (Å²) in [7, 11) is 0. The Bertz CT molecular complexity index is 214. The summed E-state index contributed by atoms with van der Waals surface area (Å²) >= 11 is 0. The average Bonchev–Trinajstić information content (AvgIpc) is 2.09. The molecule has 0 heterocycles. The smallest absolute Gasteiger partial charge is 0.241 e. The largest absolute Gasteiger partial charge is 0.366 e. The van der Waals surface area contributed by atoms with Crippen LogP contribution in [0.1, 0.15) is 26.2 Å². The molecule has 2 nitrogen and oxygen atoms in total. The van der Waals surface area contributed by atoms with Crippen LogP contribution in [0, 0.1) is 0 Å². The van der Waals surface area contributed by atoms with E-state index in [-0.39, 0.29) is 0 Å². The van der Waals surface area contributed by atoms with Crippen molar-refractivity contribution >= 4 is 5.91 Å². The van der Waals surface area contributed by atoms with E-state index in [9.17, 15) is 4.79 Å². The second kappa shape index (κ2) is 8.78. The van der Waals surface area contributed by atoms with Gasteiger partial charge in [-0.1, -0.05) is 50.1 Å². The van der Waals surface area contributed by atoms with Gasteiger partial charge in [-0.2, -0.15) is 0 Å². The molecule has 1 amide bonds. The Labute approximate surface area is 79.8 Å². The van der Waals surface area contributed by atoms with Gasteiger partial charge in [0.05, 0.1) is 0 Å². The Kier molecular flexibility index (Phi) is 7.90. The number of allylic oxidation sites excluding steroid dienone is 5. The second-order valence-electron chi connectivity index (χ2n) is 2.72. The maximum Gasteiger partial charge on any atom is 0.241 e. The molecule has 0 aromatic carbocycles. The lowest BCUT2D eigenvalue weighted by Gasteiger charge is -1.85. The van der Waals surface area contributed by atoms with E-state index in [1.54, 1.807) is 12.2 Å². The van der Waals surface area contributed by atoms with Crippen LogP contribution in [0.5, 0.6) is 0 Å². The van der Waals surface area contributed by atoms with Crippen molar-refractivity contribution in [2.24, 2.45) is 5.73 Å². The molecule has 0 aliphatic carbocycles. The van der Waals surface area contributed by atoms with E-state index < -0.39 is 5.91 Å². The summed E-state index contributed by atoms with van der Waals surface area (Å²) in [6.07, 6.45) is 14.3. The minimum atomic E-state index is -0.417. The first kappa shape index (κ1) is 11.7. The van der Waals surface area contributed by atoms with E-state index >= 15 is 0 Å². The van der Waals surface area contributed by atoms with Gasteiger partial charge in [0.2, 0.25) is 5.91 Å². The number of rotatable bonds is 6. The van der Waals surface area contributed by atoms with Crippen molar-refractivity contribution in [3.8, 4) is 0 Å². The van der Waals surface area contributed by atoms with Gasteiger partial charge in [-0.05, 0) is 6.42 Å². The lowest BCUT2D eigenvalue weighted by atomic mass is 10.2. The molecule has 0 saturated heterocycles. The molecule has 0 radical (unpaired) electrons. The third-order valence-corrected chi connectivity index (χ3v) is 1.45. The van der Waals surface area contributed by atoms with Gasteiger partial charge in [-0.3, -0.25) is 4.79 Å². The number of primary amides is 1. The van der Waals surface area contributed by atoms with Gasteiger partial charge in [-0.15, -0.1) is 0 Å². The monoisotopic (exact) mass is 179 g/mol.